The van der Waals surface area contributed by atoms with E-state index in [9.17, 15) is 9.59 Å². The normalized spacial score (nSPS) is 17.2. The van der Waals surface area contributed by atoms with Gasteiger partial charge in [0, 0.05) is 31.6 Å². The van der Waals surface area contributed by atoms with Gasteiger partial charge in [0.25, 0.3) is 0 Å². The van der Waals surface area contributed by atoms with E-state index < -0.39 is 23.8 Å². The van der Waals surface area contributed by atoms with Gasteiger partial charge in [0.05, 0.1) is 25.4 Å². The third-order valence-corrected chi connectivity index (χ3v) is 7.58. The molecule has 198 valence electrons. The number of allylic oxidation sites excluding steroid dienone is 2. The van der Waals surface area contributed by atoms with Crippen LogP contribution in [0.5, 0.6) is 0 Å². The summed E-state index contributed by atoms with van der Waals surface area (Å²) in [7, 11) is 6.67. The van der Waals surface area contributed by atoms with E-state index in [0.29, 0.717) is 17.1 Å². The minimum Gasteiger partial charge on any atom is -0.466 e. The molecule has 0 spiro atoms. The summed E-state index contributed by atoms with van der Waals surface area (Å²) in [5.74, 6) is -1.56. The average Bonchev–Trinajstić information content (AvgIpc) is 3.12. The molecule has 3 aliphatic rings. The maximum Gasteiger partial charge on any atom is 0.335 e. The molecule has 0 fully saturated rings. The van der Waals surface area contributed by atoms with Gasteiger partial charge in [0.2, 0.25) is 0 Å². The zero-order valence-electron chi connectivity index (χ0n) is 23.6. The molecule has 0 saturated carbocycles. The number of benzene rings is 1. The number of rotatable bonds is 6. The Balaban J connectivity index is 1.94. The summed E-state index contributed by atoms with van der Waals surface area (Å²) in [6.07, 6.45) is 4.05. The van der Waals surface area contributed by atoms with Crippen molar-refractivity contribution < 1.29 is 19.1 Å². The number of hydrogen-bond donors (Lipinski definition) is 0. The zero-order valence-corrected chi connectivity index (χ0v) is 23.6. The van der Waals surface area contributed by atoms with Gasteiger partial charge < -0.3 is 14.4 Å². The van der Waals surface area contributed by atoms with Crippen LogP contribution in [0.1, 0.15) is 59.4 Å². The molecule has 0 aromatic heterocycles. The number of carbonyl (C=O) groups excluding carboxylic acids is 2. The van der Waals surface area contributed by atoms with Crippen LogP contribution in [0.15, 0.2) is 71.8 Å². The van der Waals surface area contributed by atoms with Crippen molar-refractivity contribution in [2.45, 2.75) is 45.4 Å². The highest BCUT2D eigenvalue weighted by Gasteiger charge is 2.38. The minimum atomic E-state index is -0.529. The fraction of sp³-hybridized carbons (Fsp3) is 0.333. The number of carbonyl (C=O) groups is 2. The number of aryl methyl sites for hydroxylation is 2. The first-order valence-corrected chi connectivity index (χ1v) is 13.0. The van der Waals surface area contributed by atoms with Crippen molar-refractivity contribution >= 4 is 17.6 Å². The molecule has 0 heterocycles. The van der Waals surface area contributed by atoms with Gasteiger partial charge in [0.1, 0.15) is 0 Å². The molecule has 4 rings (SSSR count). The van der Waals surface area contributed by atoms with Crippen LogP contribution in [-0.2, 0) is 19.1 Å². The summed E-state index contributed by atoms with van der Waals surface area (Å²) < 4.78 is 10.5. The number of methoxy groups -OCH3 is 2. The topological polar surface area (TPSA) is 55.8 Å². The van der Waals surface area contributed by atoms with E-state index in [4.69, 9.17) is 9.47 Å². The van der Waals surface area contributed by atoms with Crippen LogP contribution in [0.2, 0.25) is 0 Å². The van der Waals surface area contributed by atoms with Crippen LogP contribution in [0.3, 0.4) is 0 Å². The second-order valence-electron chi connectivity index (χ2n) is 10.5. The van der Waals surface area contributed by atoms with Crippen LogP contribution in [0.4, 0.5) is 5.69 Å². The van der Waals surface area contributed by atoms with Gasteiger partial charge >= 0.3 is 11.9 Å². The van der Waals surface area contributed by atoms with Gasteiger partial charge in [-0.2, -0.15) is 0 Å². The molecule has 0 unspecified atom stereocenters. The monoisotopic (exact) mass is 511 g/mol. The van der Waals surface area contributed by atoms with Gasteiger partial charge in [-0.25, -0.2) is 9.59 Å². The molecule has 0 saturated heterocycles. The Kier molecular flexibility index (Phi) is 7.77. The summed E-state index contributed by atoms with van der Waals surface area (Å²) >= 11 is 0. The lowest BCUT2D eigenvalue weighted by Gasteiger charge is -2.28. The fourth-order valence-corrected chi connectivity index (χ4v) is 5.45. The number of nitrogens with zero attached hydrogens (tertiary/aromatic N) is 1. The first-order valence-electron chi connectivity index (χ1n) is 13.0. The summed E-state index contributed by atoms with van der Waals surface area (Å²) in [5, 5.41) is 0. The summed E-state index contributed by atoms with van der Waals surface area (Å²) in [6, 6.07) is 16.7. The maximum absolute atomic E-state index is 13.4. The Morgan fingerprint density at radius 1 is 0.789 bits per heavy atom. The van der Waals surface area contributed by atoms with Gasteiger partial charge in [-0.15, -0.1) is 0 Å². The Labute approximate surface area is 226 Å². The predicted molar refractivity (Wildman–Crippen MR) is 153 cm³/mol. The van der Waals surface area contributed by atoms with E-state index in [1.165, 1.54) is 19.8 Å². The van der Waals surface area contributed by atoms with E-state index in [1.807, 2.05) is 55.4 Å². The van der Waals surface area contributed by atoms with Crippen molar-refractivity contribution in [2.75, 3.05) is 33.2 Å². The third kappa shape index (κ3) is 4.85. The molecule has 38 heavy (non-hydrogen) atoms. The maximum atomic E-state index is 13.4. The Hall–Kier alpha value is -3.86. The number of esters is 2. The van der Waals surface area contributed by atoms with Crippen molar-refractivity contribution in [2.24, 2.45) is 0 Å². The first-order chi connectivity index (χ1) is 18.1. The average molecular weight is 512 g/mol. The lowest BCUT2D eigenvalue weighted by molar-refractivity contribution is -0.139. The van der Waals surface area contributed by atoms with E-state index in [2.05, 4.69) is 52.0 Å². The second-order valence-corrected chi connectivity index (χ2v) is 10.5. The minimum absolute atomic E-state index is 0.317. The SMILES string of the molecule is COC(=O)C1=C(C(=O)OC)[C@@H](c2ccc(N(C)C)cc2)C=C[C@H]1c1cc(C)c2cc(C(C)C)ccc(C)c1-2. The van der Waals surface area contributed by atoms with Crippen molar-refractivity contribution in [1.82, 2.24) is 0 Å². The van der Waals surface area contributed by atoms with Crippen molar-refractivity contribution in [3.8, 4) is 11.1 Å². The van der Waals surface area contributed by atoms with Crippen molar-refractivity contribution in [3.63, 3.8) is 0 Å². The molecule has 0 bridgehead atoms. The molecule has 0 N–H and O–H groups in total. The number of hydrogen-bond acceptors (Lipinski definition) is 5. The van der Waals surface area contributed by atoms with E-state index in [-0.39, 0.29) is 0 Å². The highest BCUT2D eigenvalue weighted by Crippen LogP contribution is 2.47. The molecule has 1 aromatic carbocycles. The fourth-order valence-electron chi connectivity index (χ4n) is 5.45. The van der Waals surface area contributed by atoms with Gasteiger partial charge in [-0.05, 0) is 70.8 Å². The zero-order chi connectivity index (χ0) is 27.7. The lowest BCUT2D eigenvalue weighted by atomic mass is 9.75. The van der Waals surface area contributed by atoms with E-state index in [0.717, 1.165) is 39.1 Å². The molecule has 5 nitrogen and oxygen atoms in total. The van der Waals surface area contributed by atoms with E-state index >= 15 is 0 Å². The molecule has 3 aliphatic carbocycles. The molecule has 0 radical (unpaired) electrons. The molecule has 1 aromatic rings. The lowest BCUT2D eigenvalue weighted by Crippen LogP contribution is -2.25. The third-order valence-electron chi connectivity index (χ3n) is 7.58. The number of fused-ring (bicyclic) bond motifs is 1. The Morgan fingerprint density at radius 3 is 1.92 bits per heavy atom. The number of anilines is 1. The highest BCUT2D eigenvalue weighted by molar-refractivity contribution is 6.04. The molecule has 0 amide bonds. The highest BCUT2D eigenvalue weighted by atomic mass is 16.5. The van der Waals surface area contributed by atoms with Gasteiger partial charge in [-0.1, -0.05) is 62.4 Å². The predicted octanol–water partition coefficient (Wildman–Crippen LogP) is 6.68. The van der Waals surface area contributed by atoms with Crippen LogP contribution >= 0.6 is 0 Å². The van der Waals surface area contributed by atoms with Crippen molar-refractivity contribution in [3.05, 3.63) is 99.6 Å². The number of ether oxygens (including phenoxy) is 2. The summed E-state index contributed by atoms with van der Waals surface area (Å²) in [6.45, 7) is 8.57. The van der Waals surface area contributed by atoms with Gasteiger partial charge in [-0.3, -0.25) is 0 Å². The quantitative estimate of drug-likeness (QED) is 0.273. The van der Waals surface area contributed by atoms with Gasteiger partial charge in [0.15, 0.2) is 0 Å². The van der Waals surface area contributed by atoms with Crippen LogP contribution in [0.25, 0.3) is 11.1 Å². The molecule has 2 atom stereocenters. The standard InChI is InChI=1S/C33H37NO4/c1-19(2)23-10-9-20(3)29-27(18-23)21(4)17-28(29)26-16-15-25(22-11-13-24(14-12-22)34(5)6)30(32(35)37-7)31(26)33(36)38-8/h9-19,25-26H,1-8H3/t25-,26+/m1/s1. The second kappa shape index (κ2) is 10.9. The smallest absolute Gasteiger partial charge is 0.335 e. The largest absolute Gasteiger partial charge is 0.466 e. The molecule has 5 heteroatoms. The van der Waals surface area contributed by atoms with E-state index in [1.54, 1.807) is 0 Å². The first kappa shape index (κ1) is 27.2. The van der Waals surface area contributed by atoms with Crippen molar-refractivity contribution in [1.29, 1.82) is 0 Å². The Morgan fingerprint density at radius 2 is 1.37 bits per heavy atom. The summed E-state index contributed by atoms with van der Waals surface area (Å²) in [5.41, 5.74) is 9.34. The van der Waals surface area contributed by atoms with Crippen LogP contribution in [-0.4, -0.2) is 40.3 Å². The molecule has 0 aliphatic heterocycles. The Bertz CT molecular complexity index is 1400. The molecular weight excluding hydrogens is 474 g/mol. The summed E-state index contributed by atoms with van der Waals surface area (Å²) in [4.78, 5) is 28.7. The van der Waals surface area contributed by atoms with Crippen LogP contribution < -0.4 is 4.90 Å². The molecular formula is C33H37NO4. The van der Waals surface area contributed by atoms with Crippen LogP contribution in [0, 0.1) is 13.8 Å².